The summed E-state index contributed by atoms with van der Waals surface area (Å²) in [5, 5.41) is 8.83. The number of hydrogen-bond donors (Lipinski definition) is 0. The monoisotopic (exact) mass is 282 g/mol. The highest BCUT2D eigenvalue weighted by molar-refractivity contribution is 4.93. The first kappa shape index (κ1) is 15.7. The van der Waals surface area contributed by atoms with Crippen LogP contribution in [0.5, 0.6) is 0 Å². The molecule has 0 amide bonds. The third-order valence-electron chi connectivity index (χ3n) is 4.48. The maximum atomic E-state index is 8.83. The SMILES string of the molecule is COCCN(CCC#N)C1CCOC2(CCOCC2)C1. The lowest BCUT2D eigenvalue weighted by Gasteiger charge is -2.46. The molecule has 2 fully saturated rings. The molecule has 0 radical (unpaired) electrons. The van der Waals surface area contributed by atoms with E-state index in [2.05, 4.69) is 11.0 Å². The summed E-state index contributed by atoms with van der Waals surface area (Å²) >= 11 is 0. The lowest BCUT2D eigenvalue weighted by atomic mass is 9.83. The molecular formula is C15H26N2O3. The van der Waals surface area contributed by atoms with Gasteiger partial charge in [-0.15, -0.1) is 0 Å². The van der Waals surface area contributed by atoms with Crippen LogP contribution in [0.25, 0.3) is 0 Å². The van der Waals surface area contributed by atoms with E-state index < -0.39 is 0 Å². The van der Waals surface area contributed by atoms with Gasteiger partial charge in [0.15, 0.2) is 0 Å². The molecule has 0 bridgehead atoms. The summed E-state index contributed by atoms with van der Waals surface area (Å²) in [4.78, 5) is 2.41. The summed E-state index contributed by atoms with van der Waals surface area (Å²) in [6.07, 6.45) is 4.69. The Morgan fingerprint density at radius 2 is 2.10 bits per heavy atom. The molecule has 5 heteroatoms. The molecule has 0 aromatic carbocycles. The van der Waals surface area contributed by atoms with E-state index in [0.717, 1.165) is 65.2 Å². The van der Waals surface area contributed by atoms with Gasteiger partial charge in [0.1, 0.15) is 0 Å². The van der Waals surface area contributed by atoms with Crippen molar-refractivity contribution in [3.63, 3.8) is 0 Å². The smallest absolute Gasteiger partial charge is 0.0741 e. The zero-order valence-corrected chi connectivity index (χ0v) is 12.5. The predicted octanol–water partition coefficient (Wildman–Crippen LogP) is 1.58. The Balaban J connectivity index is 1.94. The van der Waals surface area contributed by atoms with Gasteiger partial charge < -0.3 is 14.2 Å². The molecule has 0 aliphatic carbocycles. The third kappa shape index (κ3) is 4.16. The minimum atomic E-state index is 0.0130. The highest BCUT2D eigenvalue weighted by Crippen LogP contribution is 2.36. The summed E-state index contributed by atoms with van der Waals surface area (Å²) in [6.45, 7) is 4.89. The van der Waals surface area contributed by atoms with Crippen molar-refractivity contribution in [2.24, 2.45) is 0 Å². The van der Waals surface area contributed by atoms with Crippen LogP contribution in [0.4, 0.5) is 0 Å². The number of nitriles is 1. The van der Waals surface area contributed by atoms with Crippen molar-refractivity contribution in [2.75, 3.05) is 46.6 Å². The number of rotatable bonds is 6. The Labute approximate surface area is 121 Å². The van der Waals surface area contributed by atoms with Crippen LogP contribution in [0.2, 0.25) is 0 Å². The molecule has 1 spiro atoms. The predicted molar refractivity (Wildman–Crippen MR) is 75.4 cm³/mol. The first-order valence-electron chi connectivity index (χ1n) is 7.61. The summed E-state index contributed by atoms with van der Waals surface area (Å²) in [5.74, 6) is 0. The van der Waals surface area contributed by atoms with Crippen molar-refractivity contribution in [3.8, 4) is 6.07 Å². The van der Waals surface area contributed by atoms with E-state index in [1.807, 2.05) is 0 Å². The molecule has 2 aliphatic heterocycles. The lowest BCUT2D eigenvalue weighted by molar-refractivity contribution is -0.151. The van der Waals surface area contributed by atoms with Crippen molar-refractivity contribution in [3.05, 3.63) is 0 Å². The first-order chi connectivity index (χ1) is 9.79. The Hall–Kier alpha value is -0.670. The van der Waals surface area contributed by atoms with Crippen molar-refractivity contribution in [2.45, 2.75) is 43.7 Å². The largest absolute Gasteiger partial charge is 0.383 e. The fourth-order valence-electron chi connectivity index (χ4n) is 3.28. The number of ether oxygens (including phenoxy) is 3. The van der Waals surface area contributed by atoms with Crippen LogP contribution in [-0.2, 0) is 14.2 Å². The van der Waals surface area contributed by atoms with Crippen LogP contribution >= 0.6 is 0 Å². The standard InChI is InChI=1S/C15H26N2O3/c1-18-12-8-17(7-2-6-16)14-3-9-20-15(13-14)4-10-19-11-5-15/h14H,2-5,7-13H2,1H3. The van der Waals surface area contributed by atoms with Crippen LogP contribution in [0.15, 0.2) is 0 Å². The van der Waals surface area contributed by atoms with Crippen molar-refractivity contribution in [1.29, 1.82) is 5.26 Å². The van der Waals surface area contributed by atoms with Gasteiger partial charge in [0.05, 0.1) is 18.3 Å². The molecule has 2 aliphatic rings. The zero-order valence-electron chi connectivity index (χ0n) is 12.5. The molecule has 1 atom stereocenters. The zero-order chi connectivity index (χ0) is 14.3. The molecule has 2 heterocycles. The Morgan fingerprint density at radius 3 is 2.80 bits per heavy atom. The number of nitrogens with zero attached hydrogens (tertiary/aromatic N) is 2. The van der Waals surface area contributed by atoms with Gasteiger partial charge >= 0.3 is 0 Å². The van der Waals surface area contributed by atoms with E-state index in [1.165, 1.54) is 0 Å². The van der Waals surface area contributed by atoms with E-state index in [9.17, 15) is 0 Å². The van der Waals surface area contributed by atoms with Gasteiger partial charge in [-0.2, -0.15) is 5.26 Å². The Morgan fingerprint density at radius 1 is 1.30 bits per heavy atom. The topological polar surface area (TPSA) is 54.7 Å². The summed E-state index contributed by atoms with van der Waals surface area (Å²) < 4.78 is 16.8. The average Bonchev–Trinajstić information content (AvgIpc) is 2.48. The average molecular weight is 282 g/mol. The Kier molecular flexibility index (Phi) is 6.24. The van der Waals surface area contributed by atoms with E-state index in [0.29, 0.717) is 12.5 Å². The molecular weight excluding hydrogens is 256 g/mol. The molecule has 2 rings (SSSR count). The summed E-state index contributed by atoms with van der Waals surface area (Å²) in [5.41, 5.74) is 0.0130. The molecule has 0 N–H and O–H groups in total. The van der Waals surface area contributed by atoms with Crippen LogP contribution in [0, 0.1) is 11.3 Å². The van der Waals surface area contributed by atoms with E-state index >= 15 is 0 Å². The maximum absolute atomic E-state index is 8.83. The highest BCUT2D eigenvalue weighted by Gasteiger charge is 2.40. The van der Waals surface area contributed by atoms with Gasteiger partial charge in [-0.05, 0) is 25.7 Å². The van der Waals surface area contributed by atoms with Gasteiger partial charge in [-0.25, -0.2) is 0 Å². The van der Waals surface area contributed by atoms with Gasteiger partial charge in [0.2, 0.25) is 0 Å². The van der Waals surface area contributed by atoms with Crippen LogP contribution in [-0.4, -0.2) is 63.2 Å². The number of methoxy groups -OCH3 is 1. The third-order valence-corrected chi connectivity index (χ3v) is 4.48. The molecule has 1 unspecified atom stereocenters. The molecule has 0 saturated carbocycles. The molecule has 5 nitrogen and oxygen atoms in total. The normalized spacial score (nSPS) is 25.8. The molecule has 114 valence electrons. The van der Waals surface area contributed by atoms with Crippen molar-refractivity contribution < 1.29 is 14.2 Å². The molecule has 2 saturated heterocycles. The second-order valence-corrected chi connectivity index (χ2v) is 5.73. The lowest BCUT2D eigenvalue weighted by Crippen LogP contribution is -2.51. The van der Waals surface area contributed by atoms with E-state index in [4.69, 9.17) is 19.5 Å². The Bertz CT molecular complexity index is 318. The second kappa shape index (κ2) is 7.94. The molecule has 0 aromatic heterocycles. The second-order valence-electron chi connectivity index (χ2n) is 5.73. The summed E-state index contributed by atoms with van der Waals surface area (Å²) in [7, 11) is 1.73. The van der Waals surface area contributed by atoms with Gasteiger partial charge in [-0.1, -0.05) is 0 Å². The van der Waals surface area contributed by atoms with Crippen LogP contribution in [0.3, 0.4) is 0 Å². The minimum Gasteiger partial charge on any atom is -0.383 e. The number of hydrogen-bond acceptors (Lipinski definition) is 5. The van der Waals surface area contributed by atoms with Crippen LogP contribution < -0.4 is 0 Å². The van der Waals surface area contributed by atoms with Gasteiger partial charge in [-0.3, -0.25) is 4.90 Å². The van der Waals surface area contributed by atoms with E-state index in [1.54, 1.807) is 7.11 Å². The molecule has 20 heavy (non-hydrogen) atoms. The highest BCUT2D eigenvalue weighted by atomic mass is 16.5. The van der Waals surface area contributed by atoms with Crippen LogP contribution in [0.1, 0.15) is 32.1 Å². The maximum Gasteiger partial charge on any atom is 0.0741 e. The quantitative estimate of drug-likeness (QED) is 0.740. The fourth-order valence-corrected chi connectivity index (χ4v) is 3.28. The molecule has 0 aromatic rings. The van der Waals surface area contributed by atoms with Gasteiger partial charge in [0.25, 0.3) is 0 Å². The van der Waals surface area contributed by atoms with Crippen molar-refractivity contribution >= 4 is 0 Å². The first-order valence-corrected chi connectivity index (χ1v) is 7.61. The fraction of sp³-hybridized carbons (Fsp3) is 0.933. The summed E-state index contributed by atoms with van der Waals surface area (Å²) in [6, 6.07) is 2.76. The minimum absolute atomic E-state index is 0.0130. The van der Waals surface area contributed by atoms with E-state index in [-0.39, 0.29) is 5.60 Å². The van der Waals surface area contributed by atoms with Crippen molar-refractivity contribution in [1.82, 2.24) is 4.90 Å². The van der Waals surface area contributed by atoms with Gasteiger partial charge in [0, 0.05) is 52.5 Å².